The molecule has 0 unspecified atom stereocenters. The van der Waals surface area contributed by atoms with E-state index in [9.17, 15) is 0 Å². The Hall–Kier alpha value is -1.47. The Labute approximate surface area is 90.4 Å². The van der Waals surface area contributed by atoms with Gasteiger partial charge >= 0.3 is 0 Å². The van der Waals surface area contributed by atoms with E-state index in [-0.39, 0.29) is 0 Å². The average molecular weight is 204 g/mol. The van der Waals surface area contributed by atoms with Gasteiger partial charge in [0.1, 0.15) is 0 Å². The molecule has 0 aliphatic carbocycles. The molecular formula is C11H16N4. The topological polar surface area (TPSA) is 61.6 Å². The van der Waals surface area contributed by atoms with Crippen LogP contribution < -0.4 is 5.32 Å². The third kappa shape index (κ3) is 5.08. The average Bonchev–Trinajstić information content (AvgIpc) is 2.26. The Kier molecular flexibility index (Phi) is 5.34. The molecule has 4 nitrogen and oxygen atoms in total. The second-order valence-electron chi connectivity index (χ2n) is 3.44. The van der Waals surface area contributed by atoms with Crippen LogP contribution in [0.5, 0.6) is 0 Å². The van der Waals surface area contributed by atoms with Gasteiger partial charge < -0.3 is 5.32 Å². The molecule has 1 aromatic heterocycles. The predicted molar refractivity (Wildman–Crippen MR) is 57.9 cm³/mol. The van der Waals surface area contributed by atoms with Crippen molar-refractivity contribution in [3.8, 4) is 6.07 Å². The molecular weight excluding hydrogens is 188 g/mol. The number of aromatic nitrogens is 2. The first-order valence-electron chi connectivity index (χ1n) is 5.18. The predicted octanol–water partition coefficient (Wildman–Crippen LogP) is 1.57. The number of hydrogen-bond donors (Lipinski definition) is 1. The molecule has 0 fully saturated rings. The molecule has 1 rings (SSSR count). The molecule has 4 heteroatoms. The van der Waals surface area contributed by atoms with Gasteiger partial charge in [0, 0.05) is 25.4 Å². The van der Waals surface area contributed by atoms with E-state index in [4.69, 9.17) is 5.26 Å². The fraction of sp³-hybridized carbons (Fsp3) is 0.545. The molecule has 0 amide bonds. The second-order valence-corrected chi connectivity index (χ2v) is 3.44. The van der Waals surface area contributed by atoms with Crippen LogP contribution in [0.1, 0.15) is 30.7 Å². The normalized spacial score (nSPS) is 9.87. The first-order chi connectivity index (χ1) is 7.33. The Morgan fingerprint density at radius 1 is 1.33 bits per heavy atom. The molecule has 0 radical (unpaired) electrons. The van der Waals surface area contributed by atoms with Gasteiger partial charge in [-0.3, -0.25) is 9.97 Å². The summed E-state index contributed by atoms with van der Waals surface area (Å²) in [6, 6.07) is 2.13. The molecule has 1 aromatic rings. The van der Waals surface area contributed by atoms with E-state index in [0.29, 0.717) is 6.42 Å². The van der Waals surface area contributed by atoms with Crippen molar-refractivity contribution in [3.63, 3.8) is 0 Å². The van der Waals surface area contributed by atoms with E-state index in [1.807, 2.05) is 6.92 Å². The van der Waals surface area contributed by atoms with Crippen molar-refractivity contribution in [1.29, 1.82) is 5.26 Å². The van der Waals surface area contributed by atoms with Crippen LogP contribution in [0.25, 0.3) is 0 Å². The molecule has 1 N–H and O–H groups in total. The summed E-state index contributed by atoms with van der Waals surface area (Å²) in [5.41, 5.74) is 1.90. The lowest BCUT2D eigenvalue weighted by Gasteiger charge is -2.02. The minimum atomic E-state index is 0.645. The Morgan fingerprint density at radius 3 is 2.87 bits per heavy atom. The smallest absolute Gasteiger partial charge is 0.0724 e. The molecule has 80 valence electrons. The van der Waals surface area contributed by atoms with Gasteiger partial charge in [0.15, 0.2) is 0 Å². The van der Waals surface area contributed by atoms with Gasteiger partial charge in [0.05, 0.1) is 17.5 Å². The second kappa shape index (κ2) is 6.91. The minimum absolute atomic E-state index is 0.645. The van der Waals surface area contributed by atoms with Crippen molar-refractivity contribution in [1.82, 2.24) is 15.3 Å². The van der Waals surface area contributed by atoms with Crippen LogP contribution in [0.2, 0.25) is 0 Å². The van der Waals surface area contributed by atoms with Gasteiger partial charge in [-0.2, -0.15) is 5.26 Å². The lowest BCUT2D eigenvalue weighted by Crippen LogP contribution is -2.15. The molecule has 0 aliphatic heterocycles. The van der Waals surface area contributed by atoms with Crippen LogP contribution in [0.15, 0.2) is 12.4 Å². The zero-order valence-corrected chi connectivity index (χ0v) is 9.03. The molecule has 1 heterocycles. The summed E-state index contributed by atoms with van der Waals surface area (Å²) in [5, 5.41) is 11.6. The van der Waals surface area contributed by atoms with E-state index in [1.165, 1.54) is 0 Å². The van der Waals surface area contributed by atoms with E-state index in [1.54, 1.807) is 12.4 Å². The van der Waals surface area contributed by atoms with Crippen molar-refractivity contribution in [3.05, 3.63) is 23.8 Å². The summed E-state index contributed by atoms with van der Waals surface area (Å²) in [6.07, 6.45) is 6.20. The maximum atomic E-state index is 8.34. The van der Waals surface area contributed by atoms with Crippen LogP contribution >= 0.6 is 0 Å². The first-order valence-corrected chi connectivity index (χ1v) is 5.18. The summed E-state index contributed by atoms with van der Waals surface area (Å²) >= 11 is 0. The molecule has 0 aliphatic rings. The monoisotopic (exact) mass is 204 g/mol. The van der Waals surface area contributed by atoms with Crippen LogP contribution in [0.3, 0.4) is 0 Å². The summed E-state index contributed by atoms with van der Waals surface area (Å²) in [6.45, 7) is 3.60. The Morgan fingerprint density at radius 2 is 2.20 bits per heavy atom. The van der Waals surface area contributed by atoms with Gasteiger partial charge in [-0.15, -0.1) is 0 Å². The van der Waals surface area contributed by atoms with E-state index in [2.05, 4.69) is 21.4 Å². The molecule has 0 saturated carbocycles. The summed E-state index contributed by atoms with van der Waals surface area (Å²) in [4.78, 5) is 8.40. The number of nitrogens with one attached hydrogen (secondary N) is 1. The summed E-state index contributed by atoms with van der Waals surface area (Å²) < 4.78 is 0. The number of rotatable bonds is 6. The lowest BCUT2D eigenvalue weighted by atomic mass is 10.2. The number of nitrogens with zero attached hydrogens (tertiary/aromatic N) is 3. The third-order valence-corrected chi connectivity index (χ3v) is 2.03. The van der Waals surface area contributed by atoms with E-state index in [0.717, 1.165) is 37.3 Å². The number of hydrogen-bond acceptors (Lipinski definition) is 4. The minimum Gasteiger partial charge on any atom is -0.311 e. The Bertz CT molecular complexity index is 312. The quantitative estimate of drug-likeness (QED) is 0.714. The van der Waals surface area contributed by atoms with Crippen molar-refractivity contribution in [2.24, 2.45) is 0 Å². The SMILES string of the molecule is Cc1cnc(CNCCCCC#N)cn1. The largest absolute Gasteiger partial charge is 0.311 e. The zero-order valence-electron chi connectivity index (χ0n) is 9.03. The van der Waals surface area contributed by atoms with Gasteiger partial charge in [0.25, 0.3) is 0 Å². The van der Waals surface area contributed by atoms with Crippen LogP contribution in [0.4, 0.5) is 0 Å². The van der Waals surface area contributed by atoms with Crippen molar-refractivity contribution < 1.29 is 0 Å². The fourth-order valence-electron chi connectivity index (χ4n) is 1.18. The van der Waals surface area contributed by atoms with Gasteiger partial charge in [-0.05, 0) is 26.3 Å². The molecule has 0 spiro atoms. The fourth-order valence-corrected chi connectivity index (χ4v) is 1.18. The van der Waals surface area contributed by atoms with E-state index < -0.39 is 0 Å². The van der Waals surface area contributed by atoms with E-state index >= 15 is 0 Å². The molecule has 0 aromatic carbocycles. The zero-order chi connectivity index (χ0) is 10.9. The number of aryl methyl sites for hydroxylation is 1. The highest BCUT2D eigenvalue weighted by atomic mass is 14.9. The van der Waals surface area contributed by atoms with Crippen molar-refractivity contribution >= 4 is 0 Å². The highest BCUT2D eigenvalue weighted by Gasteiger charge is 1.94. The molecule has 0 bridgehead atoms. The first kappa shape index (κ1) is 11.6. The van der Waals surface area contributed by atoms with Crippen LogP contribution in [-0.2, 0) is 6.54 Å². The van der Waals surface area contributed by atoms with Crippen molar-refractivity contribution in [2.45, 2.75) is 32.7 Å². The molecule has 0 saturated heterocycles. The van der Waals surface area contributed by atoms with Crippen molar-refractivity contribution in [2.75, 3.05) is 6.54 Å². The third-order valence-electron chi connectivity index (χ3n) is 2.03. The number of nitriles is 1. The highest BCUT2D eigenvalue weighted by molar-refractivity contribution is 4.99. The standard InChI is InChI=1S/C11H16N4/c1-10-7-15-11(9-14-10)8-13-6-4-2-3-5-12/h7,9,13H,2-4,6,8H2,1H3. The van der Waals surface area contributed by atoms with Crippen LogP contribution in [0, 0.1) is 18.3 Å². The summed E-state index contributed by atoms with van der Waals surface area (Å²) in [5.74, 6) is 0. The Balaban J connectivity index is 2.10. The number of unbranched alkanes of at least 4 members (excludes halogenated alkanes) is 2. The van der Waals surface area contributed by atoms with Gasteiger partial charge in [0.2, 0.25) is 0 Å². The maximum absolute atomic E-state index is 8.34. The van der Waals surface area contributed by atoms with Crippen LogP contribution in [-0.4, -0.2) is 16.5 Å². The van der Waals surface area contributed by atoms with Gasteiger partial charge in [-0.1, -0.05) is 0 Å². The maximum Gasteiger partial charge on any atom is 0.0724 e. The summed E-state index contributed by atoms with van der Waals surface area (Å²) in [7, 11) is 0. The highest BCUT2D eigenvalue weighted by Crippen LogP contribution is 1.95. The molecule has 0 atom stereocenters. The van der Waals surface area contributed by atoms with Gasteiger partial charge in [-0.25, -0.2) is 0 Å². The molecule has 15 heavy (non-hydrogen) atoms. The lowest BCUT2D eigenvalue weighted by molar-refractivity contribution is 0.620.